The fourth-order valence-electron chi connectivity index (χ4n) is 4.83. The van der Waals surface area contributed by atoms with Crippen LogP contribution in [0, 0.1) is 19.8 Å². The van der Waals surface area contributed by atoms with Crippen molar-refractivity contribution in [2.45, 2.75) is 58.6 Å². The van der Waals surface area contributed by atoms with Gasteiger partial charge in [0.1, 0.15) is 11.5 Å². The Kier molecular flexibility index (Phi) is 10.3. The van der Waals surface area contributed by atoms with Crippen LogP contribution < -0.4 is 4.74 Å². The Morgan fingerprint density at radius 1 is 0.542 bits per heavy atom. The van der Waals surface area contributed by atoms with Crippen molar-refractivity contribution in [1.29, 1.82) is 0 Å². The molecular weight excluding hydrogens is 669 g/mol. The van der Waals surface area contributed by atoms with Gasteiger partial charge in [-0.25, -0.2) is 16.8 Å². The van der Waals surface area contributed by atoms with Gasteiger partial charge >= 0.3 is 0 Å². The van der Waals surface area contributed by atoms with Crippen LogP contribution in [-0.4, -0.2) is 31.9 Å². The minimum absolute atomic E-state index is 0.0625. The largest absolute Gasteiger partial charge is 0.457 e. The van der Waals surface area contributed by atoms with Crippen molar-refractivity contribution < 1.29 is 34.2 Å². The lowest BCUT2D eigenvalue weighted by Gasteiger charge is -2.12. The number of hydrogen-bond acceptors (Lipinski definition) is 8. The normalized spacial score (nSPS) is 12.3. The third kappa shape index (κ3) is 8.04. The van der Waals surface area contributed by atoms with Gasteiger partial charge in [0.2, 0.25) is 19.7 Å². The van der Waals surface area contributed by atoms with Crippen LogP contribution in [0.15, 0.2) is 140 Å². The number of aryl methyl sites for hydroxylation is 2. The van der Waals surface area contributed by atoms with Gasteiger partial charge in [-0.05, 0) is 122 Å². The Labute approximate surface area is 283 Å². The van der Waals surface area contributed by atoms with Crippen LogP contribution in [0.1, 0.15) is 36.1 Å². The van der Waals surface area contributed by atoms with Gasteiger partial charge in [-0.3, -0.25) is 4.18 Å². The first kappa shape index (κ1) is 35.0. The zero-order valence-electron chi connectivity index (χ0n) is 27.0. The highest BCUT2D eigenvalue weighted by Crippen LogP contribution is 2.29. The van der Waals surface area contributed by atoms with Gasteiger partial charge in [0.05, 0.1) is 31.1 Å². The summed E-state index contributed by atoms with van der Waals surface area (Å²) in [4.78, 5) is 0.648. The van der Waals surface area contributed by atoms with Crippen molar-refractivity contribution >= 4 is 29.8 Å². The summed E-state index contributed by atoms with van der Waals surface area (Å²) in [5.41, 5.74) is 3.11. The Balaban J connectivity index is 1.25. The minimum Gasteiger partial charge on any atom is -0.457 e. The van der Waals surface area contributed by atoms with Gasteiger partial charge in [0.25, 0.3) is 10.1 Å². The van der Waals surface area contributed by atoms with Crippen LogP contribution in [-0.2, 0) is 40.4 Å². The molecule has 0 heterocycles. The highest BCUT2D eigenvalue weighted by atomic mass is 32.2. The van der Waals surface area contributed by atoms with Gasteiger partial charge in [0, 0.05) is 0 Å². The van der Waals surface area contributed by atoms with Crippen LogP contribution in [0.5, 0.6) is 11.5 Å². The molecule has 5 aromatic carbocycles. The van der Waals surface area contributed by atoms with Gasteiger partial charge in [0.15, 0.2) is 0 Å². The lowest BCUT2D eigenvalue weighted by Crippen LogP contribution is -2.12. The van der Waals surface area contributed by atoms with E-state index in [4.69, 9.17) is 8.92 Å². The molecule has 0 aliphatic heterocycles. The van der Waals surface area contributed by atoms with Gasteiger partial charge < -0.3 is 4.74 Å². The molecular formula is C37H36O8S3. The van der Waals surface area contributed by atoms with E-state index in [0.717, 1.165) is 16.7 Å². The standard InChI is InChI=1S/C37H36O8S3/c1-26(2)25-44-48(42,43)37-24-30(8-7-28(37)4)23-29-9-17-34(18-10-29)47(40,41)36-21-13-32(14-22-36)45-31-11-19-35(20-12-31)46(38,39)33-15-5-27(3)6-16-33/h5-22,24,26H,23,25H2,1-4H3. The first-order valence-corrected chi connectivity index (χ1v) is 19.6. The fourth-order valence-corrected chi connectivity index (χ4v) is 8.69. The Morgan fingerprint density at radius 3 is 1.42 bits per heavy atom. The summed E-state index contributed by atoms with van der Waals surface area (Å²) in [6.07, 6.45) is 0.401. The van der Waals surface area contributed by atoms with E-state index in [1.807, 2.05) is 26.8 Å². The van der Waals surface area contributed by atoms with Gasteiger partial charge in [-0.2, -0.15) is 8.42 Å². The smallest absolute Gasteiger partial charge is 0.297 e. The van der Waals surface area contributed by atoms with Crippen LogP contribution in [0.4, 0.5) is 0 Å². The molecule has 0 N–H and O–H groups in total. The van der Waals surface area contributed by atoms with E-state index in [1.54, 1.807) is 67.6 Å². The molecule has 0 amide bonds. The van der Waals surface area contributed by atoms with Crippen molar-refractivity contribution in [3.8, 4) is 11.5 Å². The van der Waals surface area contributed by atoms with Crippen molar-refractivity contribution in [3.63, 3.8) is 0 Å². The van der Waals surface area contributed by atoms with E-state index in [-0.39, 0.29) is 37.0 Å². The number of benzene rings is 5. The average Bonchev–Trinajstić information content (AvgIpc) is 3.06. The molecule has 5 aromatic rings. The topological polar surface area (TPSA) is 121 Å². The predicted molar refractivity (Wildman–Crippen MR) is 183 cm³/mol. The van der Waals surface area contributed by atoms with E-state index in [1.165, 1.54) is 48.5 Å². The third-order valence-corrected chi connectivity index (χ3v) is 12.6. The first-order chi connectivity index (χ1) is 22.6. The van der Waals surface area contributed by atoms with E-state index in [0.29, 0.717) is 23.5 Å². The van der Waals surface area contributed by atoms with Crippen LogP contribution in [0.3, 0.4) is 0 Å². The summed E-state index contributed by atoms with van der Waals surface area (Å²) in [5.74, 6) is 0.838. The van der Waals surface area contributed by atoms with Gasteiger partial charge in [-0.1, -0.05) is 55.8 Å². The zero-order valence-corrected chi connectivity index (χ0v) is 29.4. The number of ether oxygens (including phenoxy) is 1. The molecule has 5 rings (SSSR count). The molecule has 250 valence electrons. The Hall–Kier alpha value is -4.29. The molecule has 0 saturated carbocycles. The lowest BCUT2D eigenvalue weighted by molar-refractivity contribution is 0.275. The maximum absolute atomic E-state index is 13.4. The molecule has 0 radical (unpaired) electrons. The van der Waals surface area contributed by atoms with Crippen molar-refractivity contribution in [1.82, 2.24) is 0 Å². The second-order valence-corrected chi connectivity index (χ2v) is 17.4. The fraction of sp³-hybridized carbons (Fsp3) is 0.189. The molecule has 48 heavy (non-hydrogen) atoms. The molecule has 0 aliphatic carbocycles. The summed E-state index contributed by atoms with van der Waals surface area (Å²) < 4.78 is 89.1. The molecule has 0 fully saturated rings. The lowest BCUT2D eigenvalue weighted by atomic mass is 10.0. The summed E-state index contributed by atoms with van der Waals surface area (Å²) >= 11 is 0. The SMILES string of the molecule is Cc1ccc(S(=O)(=O)c2ccc(Oc3ccc(S(=O)(=O)c4ccc(Cc5ccc(C)c(S(=O)(=O)OCC(C)C)c5)cc4)cc3)cc2)cc1. The number of hydrogen-bond donors (Lipinski definition) is 0. The summed E-state index contributed by atoms with van der Waals surface area (Å²) in [6.45, 7) is 7.44. The molecule has 0 saturated heterocycles. The molecule has 0 bridgehead atoms. The van der Waals surface area contributed by atoms with E-state index >= 15 is 0 Å². The third-order valence-electron chi connectivity index (χ3n) is 7.56. The molecule has 0 unspecified atom stereocenters. The molecule has 11 heteroatoms. The summed E-state index contributed by atoms with van der Waals surface area (Å²) in [5, 5.41) is 0. The predicted octanol–water partition coefficient (Wildman–Crippen LogP) is 7.71. The van der Waals surface area contributed by atoms with Crippen molar-refractivity contribution in [2.24, 2.45) is 5.92 Å². The Bertz CT molecular complexity index is 2220. The van der Waals surface area contributed by atoms with Gasteiger partial charge in [-0.15, -0.1) is 0 Å². The van der Waals surface area contributed by atoms with E-state index in [9.17, 15) is 25.3 Å². The first-order valence-electron chi connectivity index (χ1n) is 15.2. The number of rotatable bonds is 12. The van der Waals surface area contributed by atoms with E-state index < -0.39 is 29.8 Å². The number of sulfone groups is 2. The molecule has 0 aromatic heterocycles. The van der Waals surface area contributed by atoms with Crippen LogP contribution in [0.25, 0.3) is 0 Å². The van der Waals surface area contributed by atoms with E-state index in [2.05, 4.69) is 0 Å². The second kappa shape index (κ2) is 14.1. The average molecular weight is 705 g/mol. The van der Waals surface area contributed by atoms with Crippen LogP contribution >= 0.6 is 0 Å². The summed E-state index contributed by atoms with van der Waals surface area (Å²) in [7, 11) is -11.4. The highest BCUT2D eigenvalue weighted by molar-refractivity contribution is 7.91. The maximum Gasteiger partial charge on any atom is 0.297 e. The molecule has 8 nitrogen and oxygen atoms in total. The minimum atomic E-state index is -3.91. The quantitative estimate of drug-likeness (QED) is 0.121. The Morgan fingerprint density at radius 2 is 0.958 bits per heavy atom. The van der Waals surface area contributed by atoms with Crippen molar-refractivity contribution in [2.75, 3.05) is 6.61 Å². The van der Waals surface area contributed by atoms with Crippen molar-refractivity contribution in [3.05, 3.63) is 138 Å². The maximum atomic E-state index is 13.4. The zero-order chi connectivity index (χ0) is 34.7. The second-order valence-electron chi connectivity index (χ2n) is 11.9. The molecule has 0 spiro atoms. The van der Waals surface area contributed by atoms with Crippen LogP contribution in [0.2, 0.25) is 0 Å². The monoisotopic (exact) mass is 704 g/mol. The molecule has 0 atom stereocenters. The molecule has 0 aliphatic rings. The highest BCUT2D eigenvalue weighted by Gasteiger charge is 2.21. The summed E-state index contributed by atoms with van der Waals surface area (Å²) in [6, 6.07) is 30.3.